The monoisotopic (exact) mass is 779 g/mol. The molecule has 0 spiro atoms. The summed E-state index contributed by atoms with van der Waals surface area (Å²) in [4.78, 5) is 26.6. The van der Waals surface area contributed by atoms with Crippen LogP contribution in [-0.2, 0) is 14.2 Å². The first-order chi connectivity index (χ1) is 27.4. The number of rotatable bonds is 15. The standard InChI is InChI=1S/C40H48F3N7O6/c1-3-30-33(42)10-9-27-21-29(56-40(51)45-13-15-53-18-19-54-17-16-52-2)22-31(34(27)30)36-35(43)37-32(24-46-36)38(50-14-6-4-5-12-47-50)49-39(48-37)55-25-26-8-7-11-44-23-28(41)20-26/h1,9-10,21-22,24,26,28,44,47H,4-8,11-20,23,25H2,2H3,(H,45,51)/t26-,28?/m1/s1. The number of carbonyl (C=O) groups excluding carboxylic acids is 1. The van der Waals surface area contributed by atoms with Crippen LogP contribution in [0.25, 0.3) is 32.9 Å². The number of aromatic nitrogens is 3. The highest BCUT2D eigenvalue weighted by molar-refractivity contribution is 6.03. The Bertz CT molecular complexity index is 1990. The van der Waals surface area contributed by atoms with E-state index in [1.807, 2.05) is 5.01 Å². The molecule has 0 bridgehead atoms. The molecule has 13 nitrogen and oxygen atoms in total. The number of ether oxygens (including phenoxy) is 5. The van der Waals surface area contributed by atoms with E-state index in [-0.39, 0.29) is 71.7 Å². The summed E-state index contributed by atoms with van der Waals surface area (Å²) in [5, 5.41) is 8.48. The fourth-order valence-electron chi connectivity index (χ4n) is 6.84. The zero-order valence-corrected chi connectivity index (χ0v) is 31.5. The Kier molecular flexibility index (Phi) is 14.9. The molecule has 6 rings (SSSR count). The molecular formula is C40H48F3N7O6. The van der Waals surface area contributed by atoms with Gasteiger partial charge in [-0.1, -0.05) is 18.4 Å². The van der Waals surface area contributed by atoms with Gasteiger partial charge in [-0.2, -0.15) is 9.97 Å². The number of methoxy groups -OCH3 is 1. The van der Waals surface area contributed by atoms with Crippen LogP contribution in [-0.4, -0.2) is 107 Å². The molecule has 0 aliphatic carbocycles. The van der Waals surface area contributed by atoms with E-state index in [9.17, 15) is 9.18 Å². The number of terminal acetylenes is 1. The largest absolute Gasteiger partial charge is 0.463 e. The van der Waals surface area contributed by atoms with E-state index in [4.69, 9.17) is 35.1 Å². The van der Waals surface area contributed by atoms with Gasteiger partial charge >= 0.3 is 12.1 Å². The van der Waals surface area contributed by atoms with Gasteiger partial charge in [-0.05, 0) is 68.2 Å². The van der Waals surface area contributed by atoms with E-state index in [1.165, 1.54) is 30.5 Å². The number of nitrogens with zero attached hydrogens (tertiary/aromatic N) is 4. The first kappa shape index (κ1) is 40.9. The first-order valence-electron chi connectivity index (χ1n) is 19.0. The number of nitrogens with one attached hydrogen (secondary N) is 3. The molecule has 2 fully saturated rings. The molecule has 2 aliphatic heterocycles. The number of hydrogen-bond donors (Lipinski definition) is 3. The molecule has 0 saturated carbocycles. The topological polar surface area (TPSA) is 141 Å². The summed E-state index contributed by atoms with van der Waals surface area (Å²) in [5.41, 5.74) is 3.04. The zero-order valence-electron chi connectivity index (χ0n) is 31.5. The Labute approximate surface area is 323 Å². The molecule has 2 aromatic carbocycles. The summed E-state index contributed by atoms with van der Waals surface area (Å²) in [6.07, 6.45) is 10.2. The quantitative estimate of drug-likeness (QED) is 0.104. The van der Waals surface area contributed by atoms with Gasteiger partial charge < -0.3 is 34.3 Å². The SMILES string of the molecule is C#Cc1c(F)ccc2cc(OC(=O)NCCOCCOCCOC)cc(-c3ncc4c(N5CCCCCN5)nc(OC[C@@H]5CCCNCC(F)C5)nc4c3F)c12. The van der Waals surface area contributed by atoms with Crippen molar-refractivity contribution in [2.24, 2.45) is 5.92 Å². The summed E-state index contributed by atoms with van der Waals surface area (Å²) >= 11 is 0. The number of amides is 1. The maximum absolute atomic E-state index is 17.1. The predicted octanol–water partition coefficient (Wildman–Crippen LogP) is 5.47. The lowest BCUT2D eigenvalue weighted by Gasteiger charge is -2.25. The van der Waals surface area contributed by atoms with E-state index >= 15 is 8.78 Å². The minimum Gasteiger partial charge on any atom is -0.463 e. The lowest BCUT2D eigenvalue weighted by atomic mass is 9.95. The number of benzene rings is 2. The Morgan fingerprint density at radius 2 is 1.89 bits per heavy atom. The van der Waals surface area contributed by atoms with Crippen LogP contribution in [0.2, 0.25) is 0 Å². The van der Waals surface area contributed by atoms with Gasteiger partial charge in [-0.15, -0.1) is 6.42 Å². The molecule has 4 heterocycles. The summed E-state index contributed by atoms with van der Waals surface area (Å²) in [6.45, 7) is 4.45. The number of fused-ring (bicyclic) bond motifs is 2. The number of carbonyl (C=O) groups is 1. The zero-order chi connectivity index (χ0) is 39.3. The van der Waals surface area contributed by atoms with Crippen LogP contribution in [0, 0.1) is 29.9 Å². The molecule has 1 unspecified atom stereocenters. The van der Waals surface area contributed by atoms with Gasteiger partial charge in [0.05, 0.1) is 50.6 Å². The molecular weight excluding hydrogens is 731 g/mol. The second kappa shape index (κ2) is 20.4. The molecule has 16 heteroatoms. The third-order valence-electron chi connectivity index (χ3n) is 9.60. The third-order valence-corrected chi connectivity index (χ3v) is 9.60. The van der Waals surface area contributed by atoms with Crippen molar-refractivity contribution in [3.8, 4) is 35.4 Å². The molecule has 3 N–H and O–H groups in total. The van der Waals surface area contributed by atoms with Gasteiger partial charge in [0, 0.05) is 50.4 Å². The highest BCUT2D eigenvalue weighted by Gasteiger charge is 2.26. The van der Waals surface area contributed by atoms with E-state index < -0.39 is 23.9 Å². The molecule has 56 heavy (non-hydrogen) atoms. The van der Waals surface area contributed by atoms with Gasteiger partial charge in [0.15, 0.2) is 11.6 Å². The van der Waals surface area contributed by atoms with Crippen molar-refractivity contribution in [2.75, 3.05) is 84.5 Å². The maximum Gasteiger partial charge on any atom is 0.412 e. The van der Waals surface area contributed by atoms with Crippen molar-refractivity contribution in [3.05, 3.63) is 47.7 Å². The average molecular weight is 780 g/mol. The van der Waals surface area contributed by atoms with Crippen molar-refractivity contribution in [1.82, 2.24) is 31.0 Å². The smallest absolute Gasteiger partial charge is 0.412 e. The van der Waals surface area contributed by atoms with Crippen LogP contribution in [0.5, 0.6) is 11.8 Å². The number of hydrogen-bond acceptors (Lipinski definition) is 12. The normalized spacial score (nSPS) is 17.9. The average Bonchev–Trinajstić information content (AvgIpc) is 3.48. The number of anilines is 1. The van der Waals surface area contributed by atoms with Gasteiger partial charge in [0.25, 0.3) is 0 Å². The van der Waals surface area contributed by atoms with Crippen molar-refractivity contribution in [3.63, 3.8) is 0 Å². The van der Waals surface area contributed by atoms with Gasteiger partial charge in [0.1, 0.15) is 28.9 Å². The lowest BCUT2D eigenvalue weighted by Crippen LogP contribution is -2.38. The molecule has 2 aromatic heterocycles. The summed E-state index contributed by atoms with van der Waals surface area (Å²) in [7, 11) is 1.59. The van der Waals surface area contributed by atoms with Crippen molar-refractivity contribution < 1.29 is 41.7 Å². The second-order valence-electron chi connectivity index (χ2n) is 13.7. The van der Waals surface area contributed by atoms with Crippen molar-refractivity contribution in [1.29, 1.82) is 0 Å². The van der Waals surface area contributed by atoms with Crippen LogP contribution in [0.15, 0.2) is 30.5 Å². The lowest BCUT2D eigenvalue weighted by molar-refractivity contribution is 0.0257. The van der Waals surface area contributed by atoms with E-state index in [2.05, 4.69) is 31.9 Å². The maximum atomic E-state index is 17.1. The molecule has 2 atom stereocenters. The van der Waals surface area contributed by atoms with Gasteiger partial charge in [0.2, 0.25) is 0 Å². The van der Waals surface area contributed by atoms with Gasteiger partial charge in [-0.3, -0.25) is 9.99 Å². The van der Waals surface area contributed by atoms with Crippen molar-refractivity contribution in [2.45, 2.75) is 44.7 Å². The highest BCUT2D eigenvalue weighted by Crippen LogP contribution is 2.39. The van der Waals surface area contributed by atoms with Crippen LogP contribution >= 0.6 is 0 Å². The van der Waals surface area contributed by atoms with E-state index in [1.54, 1.807) is 7.11 Å². The minimum absolute atomic E-state index is 0.0371. The fourth-order valence-corrected chi connectivity index (χ4v) is 6.84. The second-order valence-corrected chi connectivity index (χ2v) is 13.7. The number of halogens is 3. The third kappa shape index (κ3) is 10.5. The van der Waals surface area contributed by atoms with Crippen LogP contribution in [0.4, 0.5) is 23.8 Å². The summed E-state index contributed by atoms with van der Waals surface area (Å²) in [5.74, 6) is 1.19. The Morgan fingerprint density at radius 3 is 2.73 bits per heavy atom. The van der Waals surface area contributed by atoms with Crippen LogP contribution in [0.1, 0.15) is 44.1 Å². The van der Waals surface area contributed by atoms with E-state index in [0.717, 1.165) is 32.1 Å². The molecule has 0 radical (unpaired) electrons. The Hall–Kier alpha value is -4.79. The summed E-state index contributed by atoms with van der Waals surface area (Å²) in [6, 6.07) is 5.49. The minimum atomic E-state index is -1.02. The molecule has 300 valence electrons. The number of pyridine rings is 1. The molecule has 2 aliphatic rings. The number of hydrazine groups is 1. The predicted molar refractivity (Wildman–Crippen MR) is 205 cm³/mol. The van der Waals surface area contributed by atoms with Crippen LogP contribution < -0.4 is 30.5 Å². The Balaban J connectivity index is 1.32. The van der Waals surface area contributed by atoms with Gasteiger partial charge in [-0.25, -0.2) is 23.4 Å². The summed E-state index contributed by atoms with van der Waals surface area (Å²) < 4.78 is 74.3. The molecule has 4 aromatic rings. The van der Waals surface area contributed by atoms with Crippen LogP contribution in [0.3, 0.4) is 0 Å². The van der Waals surface area contributed by atoms with Crippen molar-refractivity contribution >= 4 is 33.6 Å². The highest BCUT2D eigenvalue weighted by atomic mass is 19.1. The molecule has 2 saturated heterocycles. The fraction of sp³-hybridized carbons (Fsp3) is 0.500. The first-order valence-corrected chi connectivity index (χ1v) is 19.0. The molecule has 1 amide bonds. The number of alkyl halides is 1. The Morgan fingerprint density at radius 1 is 1.05 bits per heavy atom. The van der Waals surface area contributed by atoms with E-state index in [0.29, 0.717) is 69.1 Å².